The van der Waals surface area contributed by atoms with E-state index in [1.54, 1.807) is 18.4 Å². The van der Waals surface area contributed by atoms with E-state index < -0.39 is 0 Å². The van der Waals surface area contributed by atoms with Crippen molar-refractivity contribution in [1.29, 1.82) is 0 Å². The highest BCUT2D eigenvalue weighted by Gasteiger charge is 2.17. The lowest BCUT2D eigenvalue weighted by atomic mass is 9.99. The van der Waals surface area contributed by atoms with Gasteiger partial charge in [-0.05, 0) is 62.3 Å². The smallest absolute Gasteiger partial charge is 0.261 e. The molecule has 122 valence electrons. The topological polar surface area (TPSA) is 38.3 Å². The summed E-state index contributed by atoms with van der Waals surface area (Å²) in [5, 5.41) is 3.04. The molecule has 0 aliphatic heterocycles. The monoisotopic (exact) mass is 329 g/mol. The predicted molar refractivity (Wildman–Crippen MR) is 94.7 cm³/mol. The first-order valence-corrected chi connectivity index (χ1v) is 9.02. The molecule has 1 amide bonds. The molecule has 23 heavy (non-hydrogen) atoms. The Morgan fingerprint density at radius 1 is 1.26 bits per heavy atom. The third-order valence-electron chi connectivity index (χ3n) is 4.34. The molecule has 4 heteroatoms. The summed E-state index contributed by atoms with van der Waals surface area (Å²) in [6.07, 6.45) is 5.54. The summed E-state index contributed by atoms with van der Waals surface area (Å²) < 4.78 is 5.39. The van der Waals surface area contributed by atoms with Crippen molar-refractivity contribution < 1.29 is 9.53 Å². The molecule has 0 saturated carbocycles. The number of hydrogen-bond acceptors (Lipinski definition) is 3. The fourth-order valence-corrected chi connectivity index (χ4v) is 4.27. The van der Waals surface area contributed by atoms with Gasteiger partial charge in [0.25, 0.3) is 5.91 Å². The Labute approximate surface area is 141 Å². The van der Waals surface area contributed by atoms with Gasteiger partial charge in [0.1, 0.15) is 5.75 Å². The molecule has 0 spiro atoms. The van der Waals surface area contributed by atoms with E-state index in [0.29, 0.717) is 6.54 Å². The number of aryl methyl sites for hydroxylation is 3. The third-order valence-corrected chi connectivity index (χ3v) is 5.57. The zero-order valence-corrected chi connectivity index (χ0v) is 14.6. The van der Waals surface area contributed by atoms with E-state index in [9.17, 15) is 4.79 Å². The van der Waals surface area contributed by atoms with E-state index in [-0.39, 0.29) is 5.91 Å². The average molecular weight is 329 g/mol. The molecule has 0 fully saturated rings. The van der Waals surface area contributed by atoms with Crippen molar-refractivity contribution in [3.63, 3.8) is 0 Å². The summed E-state index contributed by atoms with van der Waals surface area (Å²) >= 11 is 1.66. The zero-order chi connectivity index (χ0) is 16.2. The standard InChI is InChI=1S/C19H23NO2S/c1-13-7-8-16(22-2)14(11-13)9-10-20-19(21)18-12-15-5-3-4-6-17(15)23-18/h7-8,11-12H,3-6,9-10H2,1-2H3,(H,20,21). The molecular formula is C19H23NO2S. The number of fused-ring (bicyclic) bond motifs is 1. The summed E-state index contributed by atoms with van der Waals surface area (Å²) in [7, 11) is 1.68. The number of carbonyl (C=O) groups excluding carboxylic acids is 1. The highest BCUT2D eigenvalue weighted by atomic mass is 32.1. The van der Waals surface area contributed by atoms with Gasteiger partial charge in [-0.25, -0.2) is 0 Å². The first kappa shape index (κ1) is 16.1. The molecule has 1 aromatic heterocycles. The van der Waals surface area contributed by atoms with Crippen LogP contribution in [0.25, 0.3) is 0 Å². The van der Waals surface area contributed by atoms with Gasteiger partial charge < -0.3 is 10.1 Å². The fourth-order valence-electron chi connectivity index (χ4n) is 3.10. The molecule has 1 aliphatic carbocycles. The quantitative estimate of drug-likeness (QED) is 0.903. The van der Waals surface area contributed by atoms with Crippen molar-refractivity contribution in [2.24, 2.45) is 0 Å². The third kappa shape index (κ3) is 3.75. The van der Waals surface area contributed by atoms with Crippen LogP contribution in [0.1, 0.15) is 44.1 Å². The van der Waals surface area contributed by atoms with E-state index >= 15 is 0 Å². The van der Waals surface area contributed by atoms with Gasteiger partial charge in [0.2, 0.25) is 0 Å². The number of benzene rings is 1. The molecule has 0 bridgehead atoms. The Morgan fingerprint density at radius 3 is 2.87 bits per heavy atom. The largest absolute Gasteiger partial charge is 0.496 e. The molecule has 3 rings (SSSR count). The Balaban J connectivity index is 1.59. The van der Waals surface area contributed by atoms with Crippen LogP contribution in [0.15, 0.2) is 24.3 Å². The number of thiophene rings is 1. The van der Waals surface area contributed by atoms with Crippen molar-refractivity contribution in [2.75, 3.05) is 13.7 Å². The maximum atomic E-state index is 12.3. The number of methoxy groups -OCH3 is 1. The van der Waals surface area contributed by atoms with Crippen LogP contribution in [0.2, 0.25) is 0 Å². The second kappa shape index (κ2) is 7.18. The van der Waals surface area contributed by atoms with E-state index in [0.717, 1.165) is 35.5 Å². The Kier molecular flexibility index (Phi) is 5.01. The van der Waals surface area contributed by atoms with E-state index in [1.165, 1.54) is 28.8 Å². The predicted octanol–water partition coefficient (Wildman–Crippen LogP) is 3.92. The van der Waals surface area contributed by atoms with Gasteiger partial charge in [-0.1, -0.05) is 17.7 Å². The summed E-state index contributed by atoms with van der Waals surface area (Å²) in [5.74, 6) is 0.937. The van der Waals surface area contributed by atoms with Crippen LogP contribution in [0, 0.1) is 6.92 Å². The molecule has 0 atom stereocenters. The van der Waals surface area contributed by atoms with Crippen LogP contribution >= 0.6 is 11.3 Å². The van der Waals surface area contributed by atoms with E-state index in [4.69, 9.17) is 4.74 Å². The van der Waals surface area contributed by atoms with Gasteiger partial charge >= 0.3 is 0 Å². The van der Waals surface area contributed by atoms with Gasteiger partial charge in [-0.15, -0.1) is 11.3 Å². The lowest BCUT2D eigenvalue weighted by Gasteiger charge is -2.10. The van der Waals surface area contributed by atoms with Gasteiger partial charge in [0.15, 0.2) is 0 Å². The Hall–Kier alpha value is -1.81. The first-order valence-electron chi connectivity index (χ1n) is 8.20. The minimum absolute atomic E-state index is 0.0519. The highest BCUT2D eigenvalue weighted by Crippen LogP contribution is 2.29. The number of hydrogen-bond donors (Lipinski definition) is 1. The molecule has 2 aromatic rings. The van der Waals surface area contributed by atoms with Gasteiger partial charge in [-0.2, -0.15) is 0 Å². The number of rotatable bonds is 5. The Bertz CT molecular complexity index is 682. The maximum Gasteiger partial charge on any atom is 0.261 e. The Morgan fingerprint density at radius 2 is 2.09 bits per heavy atom. The summed E-state index contributed by atoms with van der Waals surface area (Å²) in [6, 6.07) is 8.23. The van der Waals surface area contributed by atoms with Crippen LogP contribution in [0.5, 0.6) is 5.75 Å². The maximum absolute atomic E-state index is 12.3. The van der Waals surface area contributed by atoms with Crippen LogP contribution in [-0.2, 0) is 19.3 Å². The van der Waals surface area contributed by atoms with E-state index in [2.05, 4.69) is 24.4 Å². The van der Waals surface area contributed by atoms with Gasteiger partial charge in [0, 0.05) is 11.4 Å². The fraction of sp³-hybridized carbons (Fsp3) is 0.421. The first-order chi connectivity index (χ1) is 11.2. The summed E-state index contributed by atoms with van der Waals surface area (Å²) in [6.45, 7) is 2.69. The summed E-state index contributed by atoms with van der Waals surface area (Å²) in [4.78, 5) is 14.6. The molecule has 1 heterocycles. The minimum Gasteiger partial charge on any atom is -0.496 e. The van der Waals surface area contributed by atoms with E-state index in [1.807, 2.05) is 12.1 Å². The van der Waals surface area contributed by atoms with Crippen LogP contribution < -0.4 is 10.1 Å². The van der Waals surface area contributed by atoms with Crippen LogP contribution in [0.3, 0.4) is 0 Å². The minimum atomic E-state index is 0.0519. The van der Waals surface area contributed by atoms with Crippen molar-refractivity contribution in [2.45, 2.75) is 39.0 Å². The lowest BCUT2D eigenvalue weighted by molar-refractivity contribution is 0.0958. The second-order valence-electron chi connectivity index (χ2n) is 6.09. The highest BCUT2D eigenvalue weighted by molar-refractivity contribution is 7.14. The normalized spacial score (nSPS) is 13.5. The van der Waals surface area contributed by atoms with Gasteiger partial charge in [0.05, 0.1) is 12.0 Å². The summed E-state index contributed by atoms with van der Waals surface area (Å²) in [5.41, 5.74) is 3.73. The number of amides is 1. The van der Waals surface area contributed by atoms with Crippen molar-refractivity contribution in [1.82, 2.24) is 5.32 Å². The number of carbonyl (C=O) groups is 1. The van der Waals surface area contributed by atoms with Gasteiger partial charge in [-0.3, -0.25) is 4.79 Å². The second-order valence-corrected chi connectivity index (χ2v) is 7.22. The molecule has 1 aliphatic rings. The molecule has 0 radical (unpaired) electrons. The van der Waals surface area contributed by atoms with Crippen molar-refractivity contribution in [3.8, 4) is 5.75 Å². The number of nitrogens with one attached hydrogen (secondary N) is 1. The SMILES string of the molecule is COc1ccc(C)cc1CCNC(=O)c1cc2c(s1)CCCC2. The molecule has 0 unspecified atom stereocenters. The zero-order valence-electron chi connectivity index (χ0n) is 13.8. The molecule has 0 saturated heterocycles. The molecular weight excluding hydrogens is 306 g/mol. The average Bonchev–Trinajstić information content (AvgIpc) is 2.99. The molecule has 1 N–H and O–H groups in total. The van der Waals surface area contributed by atoms with Crippen LogP contribution in [0.4, 0.5) is 0 Å². The number of ether oxygens (including phenoxy) is 1. The van der Waals surface area contributed by atoms with Crippen LogP contribution in [-0.4, -0.2) is 19.6 Å². The van der Waals surface area contributed by atoms with Crippen molar-refractivity contribution in [3.05, 3.63) is 50.7 Å². The lowest BCUT2D eigenvalue weighted by Crippen LogP contribution is -2.25. The molecule has 3 nitrogen and oxygen atoms in total. The van der Waals surface area contributed by atoms with Crippen molar-refractivity contribution >= 4 is 17.2 Å². The molecule has 1 aromatic carbocycles.